The summed E-state index contributed by atoms with van der Waals surface area (Å²) < 4.78 is 0. The van der Waals surface area contributed by atoms with Gasteiger partial charge in [-0.15, -0.1) is 0 Å². The second-order valence-corrected chi connectivity index (χ2v) is 3.79. The summed E-state index contributed by atoms with van der Waals surface area (Å²) in [5, 5.41) is 12.2. The van der Waals surface area contributed by atoms with Crippen molar-refractivity contribution in [3.05, 3.63) is 0 Å². The van der Waals surface area contributed by atoms with Crippen molar-refractivity contribution in [2.75, 3.05) is 19.7 Å². The Morgan fingerprint density at radius 1 is 1.42 bits per heavy atom. The van der Waals surface area contributed by atoms with Crippen LogP contribution >= 0.6 is 0 Å². The van der Waals surface area contributed by atoms with Gasteiger partial charge in [-0.25, -0.2) is 0 Å². The molecule has 72 valence electrons. The number of aliphatic hydroxyl groups is 1. The highest BCUT2D eigenvalue weighted by atomic mass is 16.2. The summed E-state index contributed by atoms with van der Waals surface area (Å²) in [6.07, 6.45) is 4.79. The molecule has 1 rings (SSSR count). The molecule has 0 amide bonds. The molecule has 0 aromatic heterocycles. The second kappa shape index (κ2) is 5.55. The zero-order valence-electron chi connectivity index (χ0n) is 8.05. The van der Waals surface area contributed by atoms with Gasteiger partial charge in [-0.3, -0.25) is 0 Å². The lowest BCUT2D eigenvalue weighted by Gasteiger charge is -2.31. The maximum atomic E-state index is 8.74. The Balaban J connectivity index is 2.26. The van der Waals surface area contributed by atoms with Crippen molar-refractivity contribution < 1.29 is 5.11 Å². The van der Waals surface area contributed by atoms with Crippen LogP contribution in [-0.4, -0.2) is 24.8 Å². The average molecular weight is 171 g/mol. The maximum absolute atomic E-state index is 8.74. The van der Waals surface area contributed by atoms with Crippen LogP contribution in [0.4, 0.5) is 0 Å². The molecule has 1 saturated heterocycles. The van der Waals surface area contributed by atoms with E-state index in [0.29, 0.717) is 6.61 Å². The number of hydrogen-bond donors (Lipinski definition) is 2. The molecule has 0 aromatic rings. The molecule has 0 aromatic carbocycles. The van der Waals surface area contributed by atoms with Crippen LogP contribution in [0.5, 0.6) is 0 Å². The van der Waals surface area contributed by atoms with Gasteiger partial charge in [-0.05, 0) is 44.2 Å². The van der Waals surface area contributed by atoms with E-state index in [4.69, 9.17) is 5.11 Å². The van der Waals surface area contributed by atoms with Crippen molar-refractivity contribution in [2.45, 2.75) is 32.6 Å². The Bertz CT molecular complexity index is 116. The molecule has 2 atom stereocenters. The summed E-state index contributed by atoms with van der Waals surface area (Å²) >= 11 is 0. The fourth-order valence-corrected chi connectivity index (χ4v) is 2.19. The lowest BCUT2D eigenvalue weighted by Crippen LogP contribution is -2.36. The molecule has 0 aliphatic carbocycles. The van der Waals surface area contributed by atoms with E-state index in [2.05, 4.69) is 12.2 Å². The first kappa shape index (κ1) is 10.0. The van der Waals surface area contributed by atoms with Crippen LogP contribution in [0.25, 0.3) is 0 Å². The van der Waals surface area contributed by atoms with Crippen molar-refractivity contribution in [3.63, 3.8) is 0 Å². The van der Waals surface area contributed by atoms with E-state index in [0.717, 1.165) is 18.3 Å². The quantitative estimate of drug-likeness (QED) is 0.670. The molecule has 0 radical (unpaired) electrons. The van der Waals surface area contributed by atoms with Crippen molar-refractivity contribution in [3.8, 4) is 0 Å². The van der Waals surface area contributed by atoms with Crippen LogP contribution in [0, 0.1) is 11.8 Å². The van der Waals surface area contributed by atoms with E-state index in [-0.39, 0.29) is 0 Å². The third-order valence-electron chi connectivity index (χ3n) is 3.02. The maximum Gasteiger partial charge on any atom is 0.0431 e. The number of nitrogens with one attached hydrogen (secondary N) is 1. The Morgan fingerprint density at radius 3 is 2.92 bits per heavy atom. The number of hydrogen-bond acceptors (Lipinski definition) is 2. The minimum Gasteiger partial charge on any atom is -0.396 e. The third-order valence-corrected chi connectivity index (χ3v) is 3.02. The highest BCUT2D eigenvalue weighted by Gasteiger charge is 2.22. The lowest BCUT2D eigenvalue weighted by molar-refractivity contribution is 0.205. The van der Waals surface area contributed by atoms with Crippen LogP contribution in [-0.2, 0) is 0 Å². The molecule has 0 spiro atoms. The molecule has 0 saturated carbocycles. The Kier molecular flexibility index (Phi) is 4.62. The molecule has 1 heterocycles. The molecular weight excluding hydrogens is 150 g/mol. The smallest absolute Gasteiger partial charge is 0.0431 e. The molecular formula is C10H21NO. The van der Waals surface area contributed by atoms with E-state index >= 15 is 0 Å². The van der Waals surface area contributed by atoms with Gasteiger partial charge in [0.15, 0.2) is 0 Å². The first-order chi connectivity index (χ1) is 5.88. The zero-order chi connectivity index (χ0) is 8.81. The normalized spacial score (nSPS) is 30.5. The molecule has 1 aliphatic rings. The fraction of sp³-hybridized carbons (Fsp3) is 1.00. The molecule has 12 heavy (non-hydrogen) atoms. The minimum absolute atomic E-state index is 0.361. The Labute approximate surface area is 75.4 Å². The fourth-order valence-electron chi connectivity index (χ4n) is 2.19. The van der Waals surface area contributed by atoms with Gasteiger partial charge >= 0.3 is 0 Å². The standard InChI is InChI=1S/C10H21NO/c1-2-9-8-11-6-5-10(9)4-3-7-12/h9-12H,2-8H2,1H3. The van der Waals surface area contributed by atoms with Gasteiger partial charge in [0.1, 0.15) is 0 Å². The van der Waals surface area contributed by atoms with E-state index in [9.17, 15) is 0 Å². The molecule has 2 heteroatoms. The van der Waals surface area contributed by atoms with Crippen LogP contribution in [0.2, 0.25) is 0 Å². The summed E-state index contributed by atoms with van der Waals surface area (Å²) in [5.41, 5.74) is 0. The SMILES string of the molecule is CCC1CNCCC1CCCO. The summed E-state index contributed by atoms with van der Waals surface area (Å²) in [5.74, 6) is 1.72. The molecule has 0 bridgehead atoms. The van der Waals surface area contributed by atoms with Crippen molar-refractivity contribution in [1.29, 1.82) is 0 Å². The minimum atomic E-state index is 0.361. The van der Waals surface area contributed by atoms with E-state index in [1.54, 1.807) is 0 Å². The van der Waals surface area contributed by atoms with Gasteiger partial charge in [0.2, 0.25) is 0 Å². The van der Waals surface area contributed by atoms with Crippen LogP contribution in [0.3, 0.4) is 0 Å². The highest BCUT2D eigenvalue weighted by molar-refractivity contribution is 4.76. The van der Waals surface area contributed by atoms with Crippen LogP contribution in [0.15, 0.2) is 0 Å². The van der Waals surface area contributed by atoms with Crippen molar-refractivity contribution in [1.82, 2.24) is 5.32 Å². The van der Waals surface area contributed by atoms with Crippen LogP contribution in [0.1, 0.15) is 32.6 Å². The topological polar surface area (TPSA) is 32.3 Å². The molecule has 1 aliphatic heterocycles. The average Bonchev–Trinajstić information content (AvgIpc) is 2.15. The van der Waals surface area contributed by atoms with Gasteiger partial charge < -0.3 is 10.4 Å². The van der Waals surface area contributed by atoms with Crippen molar-refractivity contribution >= 4 is 0 Å². The van der Waals surface area contributed by atoms with Crippen LogP contribution < -0.4 is 5.32 Å². The number of aliphatic hydroxyl groups excluding tert-OH is 1. The first-order valence-electron chi connectivity index (χ1n) is 5.20. The monoisotopic (exact) mass is 171 g/mol. The Morgan fingerprint density at radius 2 is 2.25 bits per heavy atom. The molecule has 2 N–H and O–H groups in total. The lowest BCUT2D eigenvalue weighted by atomic mass is 9.82. The predicted octanol–water partition coefficient (Wildman–Crippen LogP) is 1.39. The molecule has 2 nitrogen and oxygen atoms in total. The van der Waals surface area contributed by atoms with Gasteiger partial charge in [-0.1, -0.05) is 13.3 Å². The first-order valence-corrected chi connectivity index (χ1v) is 5.20. The Hall–Kier alpha value is -0.0800. The van der Waals surface area contributed by atoms with Gasteiger partial charge in [0, 0.05) is 6.61 Å². The van der Waals surface area contributed by atoms with Gasteiger partial charge in [-0.2, -0.15) is 0 Å². The van der Waals surface area contributed by atoms with Crippen molar-refractivity contribution in [2.24, 2.45) is 11.8 Å². The predicted molar refractivity (Wildman–Crippen MR) is 51.1 cm³/mol. The summed E-state index contributed by atoms with van der Waals surface area (Å²) in [6, 6.07) is 0. The highest BCUT2D eigenvalue weighted by Crippen LogP contribution is 2.25. The summed E-state index contributed by atoms with van der Waals surface area (Å²) in [7, 11) is 0. The largest absolute Gasteiger partial charge is 0.396 e. The number of rotatable bonds is 4. The third kappa shape index (κ3) is 2.76. The van der Waals surface area contributed by atoms with E-state index in [1.807, 2.05) is 0 Å². The number of piperidine rings is 1. The van der Waals surface area contributed by atoms with Gasteiger partial charge in [0.05, 0.1) is 0 Å². The zero-order valence-corrected chi connectivity index (χ0v) is 8.05. The van der Waals surface area contributed by atoms with E-state index < -0.39 is 0 Å². The second-order valence-electron chi connectivity index (χ2n) is 3.79. The molecule has 1 fully saturated rings. The summed E-state index contributed by atoms with van der Waals surface area (Å²) in [4.78, 5) is 0. The van der Waals surface area contributed by atoms with Gasteiger partial charge in [0.25, 0.3) is 0 Å². The van der Waals surface area contributed by atoms with E-state index in [1.165, 1.54) is 32.4 Å². The summed E-state index contributed by atoms with van der Waals surface area (Å²) in [6.45, 7) is 4.99. The molecule has 2 unspecified atom stereocenters.